The van der Waals surface area contributed by atoms with Crippen molar-refractivity contribution in [3.8, 4) is 0 Å². The Kier molecular flexibility index (Phi) is 4.96. The molecule has 0 radical (unpaired) electrons. The van der Waals surface area contributed by atoms with Crippen molar-refractivity contribution in [1.29, 1.82) is 0 Å². The molecule has 1 aliphatic heterocycles. The molecule has 1 N–H and O–H groups in total. The highest BCUT2D eigenvalue weighted by molar-refractivity contribution is 5.89. The van der Waals surface area contributed by atoms with Crippen LogP contribution in [0.4, 0.5) is 0 Å². The molecule has 1 aliphatic rings. The SMILES string of the molecule is CC(C)(C)c1ccc(C(=O)OC2(c3ccccc3)CCNCC2)cc1. The monoisotopic (exact) mass is 337 g/mol. The van der Waals surface area contributed by atoms with Crippen molar-refractivity contribution in [2.45, 2.75) is 44.6 Å². The van der Waals surface area contributed by atoms with Gasteiger partial charge in [-0.2, -0.15) is 0 Å². The number of benzene rings is 2. The molecule has 0 bridgehead atoms. The molecule has 2 aromatic rings. The highest BCUT2D eigenvalue weighted by atomic mass is 16.6. The summed E-state index contributed by atoms with van der Waals surface area (Å²) in [6.45, 7) is 8.20. The van der Waals surface area contributed by atoms with E-state index in [1.165, 1.54) is 5.56 Å². The van der Waals surface area contributed by atoms with Crippen LogP contribution in [-0.2, 0) is 15.8 Å². The van der Waals surface area contributed by atoms with Crippen molar-refractivity contribution in [1.82, 2.24) is 5.32 Å². The van der Waals surface area contributed by atoms with Crippen molar-refractivity contribution in [2.75, 3.05) is 13.1 Å². The predicted octanol–water partition coefficient (Wildman–Crippen LogP) is 4.42. The Morgan fingerprint density at radius 1 is 0.960 bits per heavy atom. The van der Waals surface area contributed by atoms with E-state index in [1.54, 1.807) is 0 Å². The lowest BCUT2D eigenvalue weighted by molar-refractivity contribution is -0.0378. The summed E-state index contributed by atoms with van der Waals surface area (Å²) in [6.07, 6.45) is 1.59. The van der Waals surface area contributed by atoms with E-state index >= 15 is 0 Å². The van der Waals surface area contributed by atoms with Crippen LogP contribution in [0.3, 0.4) is 0 Å². The summed E-state index contributed by atoms with van der Waals surface area (Å²) in [4.78, 5) is 12.8. The maximum Gasteiger partial charge on any atom is 0.339 e. The number of rotatable bonds is 3. The van der Waals surface area contributed by atoms with Gasteiger partial charge < -0.3 is 10.1 Å². The quantitative estimate of drug-likeness (QED) is 0.843. The fourth-order valence-electron chi connectivity index (χ4n) is 3.36. The van der Waals surface area contributed by atoms with Crippen LogP contribution in [0.5, 0.6) is 0 Å². The second kappa shape index (κ2) is 7.01. The summed E-state index contributed by atoms with van der Waals surface area (Å²) < 4.78 is 6.10. The van der Waals surface area contributed by atoms with Gasteiger partial charge in [0.15, 0.2) is 0 Å². The molecule has 1 fully saturated rings. The largest absolute Gasteiger partial charge is 0.450 e. The van der Waals surface area contributed by atoms with Gasteiger partial charge in [-0.1, -0.05) is 63.2 Å². The zero-order chi connectivity index (χ0) is 17.9. The normalized spacial score (nSPS) is 17.1. The summed E-state index contributed by atoms with van der Waals surface area (Å²) in [5.41, 5.74) is 2.44. The smallest absolute Gasteiger partial charge is 0.339 e. The molecule has 0 aliphatic carbocycles. The summed E-state index contributed by atoms with van der Waals surface area (Å²) >= 11 is 0. The van der Waals surface area contributed by atoms with Gasteiger partial charge in [0, 0.05) is 12.8 Å². The first-order valence-corrected chi connectivity index (χ1v) is 9.01. The number of esters is 1. The Morgan fingerprint density at radius 3 is 2.12 bits per heavy atom. The lowest BCUT2D eigenvalue weighted by Gasteiger charge is -2.37. The molecule has 3 heteroatoms. The van der Waals surface area contributed by atoms with E-state index in [2.05, 4.69) is 38.2 Å². The molecule has 2 aromatic carbocycles. The Balaban J connectivity index is 1.84. The first kappa shape index (κ1) is 17.7. The van der Waals surface area contributed by atoms with Crippen molar-refractivity contribution >= 4 is 5.97 Å². The topological polar surface area (TPSA) is 38.3 Å². The van der Waals surface area contributed by atoms with Crippen molar-refractivity contribution in [2.24, 2.45) is 0 Å². The van der Waals surface area contributed by atoms with Gasteiger partial charge in [0.1, 0.15) is 5.60 Å². The molecule has 0 saturated carbocycles. The lowest BCUT2D eigenvalue weighted by Crippen LogP contribution is -2.43. The summed E-state index contributed by atoms with van der Waals surface area (Å²) in [5.74, 6) is -0.244. The lowest BCUT2D eigenvalue weighted by atomic mass is 9.84. The second-order valence-electron chi connectivity index (χ2n) is 7.83. The highest BCUT2D eigenvalue weighted by Gasteiger charge is 2.38. The molecule has 0 spiro atoms. The number of hydrogen-bond donors (Lipinski definition) is 1. The van der Waals surface area contributed by atoms with Gasteiger partial charge in [0.2, 0.25) is 0 Å². The Hall–Kier alpha value is -2.13. The van der Waals surface area contributed by atoms with E-state index in [4.69, 9.17) is 4.74 Å². The van der Waals surface area contributed by atoms with Crippen molar-refractivity contribution < 1.29 is 9.53 Å². The first-order chi connectivity index (χ1) is 11.9. The fraction of sp³-hybridized carbons (Fsp3) is 0.409. The summed E-state index contributed by atoms with van der Waals surface area (Å²) in [7, 11) is 0. The number of hydrogen-bond acceptors (Lipinski definition) is 3. The average Bonchev–Trinajstić information content (AvgIpc) is 2.62. The molecule has 0 unspecified atom stereocenters. The molecule has 132 valence electrons. The van der Waals surface area contributed by atoms with Crippen LogP contribution in [0.2, 0.25) is 0 Å². The number of ether oxygens (including phenoxy) is 1. The van der Waals surface area contributed by atoms with Gasteiger partial charge >= 0.3 is 5.97 Å². The Labute approximate surface area is 150 Å². The average molecular weight is 337 g/mol. The molecule has 25 heavy (non-hydrogen) atoms. The zero-order valence-electron chi connectivity index (χ0n) is 15.3. The van der Waals surface area contributed by atoms with E-state index in [-0.39, 0.29) is 11.4 Å². The predicted molar refractivity (Wildman–Crippen MR) is 101 cm³/mol. The Morgan fingerprint density at radius 2 is 1.56 bits per heavy atom. The van der Waals surface area contributed by atoms with Gasteiger partial charge in [-0.15, -0.1) is 0 Å². The number of piperidine rings is 1. The van der Waals surface area contributed by atoms with E-state index < -0.39 is 5.60 Å². The number of carbonyl (C=O) groups is 1. The van der Waals surface area contributed by atoms with Crippen LogP contribution in [0, 0.1) is 0 Å². The minimum Gasteiger partial charge on any atom is -0.450 e. The van der Waals surface area contributed by atoms with E-state index in [1.807, 2.05) is 42.5 Å². The van der Waals surface area contributed by atoms with Gasteiger partial charge in [-0.3, -0.25) is 0 Å². The molecule has 0 atom stereocenters. The van der Waals surface area contributed by atoms with Crippen LogP contribution in [0.25, 0.3) is 0 Å². The van der Waals surface area contributed by atoms with E-state index in [0.717, 1.165) is 31.5 Å². The number of nitrogens with one attached hydrogen (secondary N) is 1. The van der Waals surface area contributed by atoms with Gasteiger partial charge in [-0.25, -0.2) is 4.79 Å². The summed E-state index contributed by atoms with van der Waals surface area (Å²) in [6, 6.07) is 17.9. The first-order valence-electron chi connectivity index (χ1n) is 9.01. The fourth-order valence-corrected chi connectivity index (χ4v) is 3.36. The molecular formula is C22H27NO2. The number of carbonyl (C=O) groups excluding carboxylic acids is 1. The van der Waals surface area contributed by atoms with Crippen molar-refractivity contribution in [3.05, 3.63) is 71.3 Å². The third kappa shape index (κ3) is 3.93. The van der Waals surface area contributed by atoms with Crippen molar-refractivity contribution in [3.63, 3.8) is 0 Å². The third-order valence-electron chi connectivity index (χ3n) is 4.99. The van der Waals surface area contributed by atoms with Gasteiger partial charge in [0.05, 0.1) is 5.56 Å². The molecule has 3 nitrogen and oxygen atoms in total. The summed E-state index contributed by atoms with van der Waals surface area (Å²) in [5, 5.41) is 3.36. The van der Waals surface area contributed by atoms with Crippen LogP contribution >= 0.6 is 0 Å². The zero-order valence-corrected chi connectivity index (χ0v) is 15.3. The molecule has 3 rings (SSSR count). The molecule has 1 heterocycles. The van der Waals surface area contributed by atoms with Crippen LogP contribution in [0.1, 0.15) is 55.1 Å². The van der Waals surface area contributed by atoms with Crippen LogP contribution in [-0.4, -0.2) is 19.1 Å². The Bertz CT molecular complexity index is 708. The maximum atomic E-state index is 12.8. The molecule has 1 saturated heterocycles. The molecule has 0 aromatic heterocycles. The van der Waals surface area contributed by atoms with Crippen LogP contribution in [0.15, 0.2) is 54.6 Å². The van der Waals surface area contributed by atoms with Gasteiger partial charge in [-0.05, 0) is 41.8 Å². The van der Waals surface area contributed by atoms with E-state index in [0.29, 0.717) is 5.56 Å². The minimum absolute atomic E-state index is 0.0722. The van der Waals surface area contributed by atoms with Crippen LogP contribution < -0.4 is 5.32 Å². The standard InChI is InChI=1S/C22H27NO2/c1-21(2,3)18-11-9-17(10-12-18)20(24)25-22(13-15-23-16-14-22)19-7-5-4-6-8-19/h4-12,23H,13-16H2,1-3H3. The highest BCUT2D eigenvalue weighted by Crippen LogP contribution is 2.35. The molecule has 0 amide bonds. The maximum absolute atomic E-state index is 12.8. The molecular weight excluding hydrogens is 310 g/mol. The third-order valence-corrected chi connectivity index (χ3v) is 4.99. The second-order valence-corrected chi connectivity index (χ2v) is 7.83. The van der Waals surface area contributed by atoms with Gasteiger partial charge in [0.25, 0.3) is 0 Å². The minimum atomic E-state index is -0.535. The van der Waals surface area contributed by atoms with E-state index in [9.17, 15) is 4.79 Å².